The van der Waals surface area contributed by atoms with E-state index >= 15 is 0 Å². The third-order valence-electron chi connectivity index (χ3n) is 3.54. The molecule has 0 aliphatic carbocycles. The first-order chi connectivity index (χ1) is 10.2. The van der Waals surface area contributed by atoms with Gasteiger partial charge in [-0.05, 0) is 29.7 Å². The highest BCUT2D eigenvalue weighted by atomic mass is 16.3. The van der Waals surface area contributed by atoms with Gasteiger partial charge in [-0.1, -0.05) is 31.2 Å². The van der Waals surface area contributed by atoms with Crippen LogP contribution >= 0.6 is 0 Å². The average molecular weight is 288 g/mol. The molecule has 0 amide bonds. The number of aliphatic hydroxyl groups excluding tert-OH is 1. The summed E-state index contributed by atoms with van der Waals surface area (Å²) in [6, 6.07) is 12.4. The Morgan fingerprint density at radius 3 is 2.43 bits per heavy atom. The van der Waals surface area contributed by atoms with E-state index in [1.807, 2.05) is 12.1 Å². The number of aliphatic hydroxyl groups is 1. The Kier molecular flexibility index (Phi) is 5.99. The zero-order valence-electron chi connectivity index (χ0n) is 12.5. The zero-order valence-corrected chi connectivity index (χ0v) is 12.5. The number of nitrogens with two attached hydrogens (primary N) is 1. The Bertz CT molecular complexity index is 508. The molecule has 4 nitrogen and oxygen atoms in total. The van der Waals surface area contributed by atoms with Gasteiger partial charge in [-0.25, -0.2) is 0 Å². The van der Waals surface area contributed by atoms with E-state index in [0.717, 1.165) is 18.7 Å². The smallest absolute Gasteiger partial charge is 0.117 e. The second-order valence-electron chi connectivity index (χ2n) is 5.31. The lowest BCUT2D eigenvalue weighted by Gasteiger charge is -2.23. The molecule has 4 heteroatoms. The minimum absolute atomic E-state index is 0.267. The van der Waals surface area contributed by atoms with Crippen LogP contribution in [0.2, 0.25) is 0 Å². The van der Waals surface area contributed by atoms with E-state index in [1.54, 1.807) is 6.26 Å². The Labute approximate surface area is 126 Å². The largest absolute Gasteiger partial charge is 0.468 e. The summed E-state index contributed by atoms with van der Waals surface area (Å²) in [6.07, 6.45) is 2.19. The number of nitrogens with zero attached hydrogens (tertiary/aromatic N) is 1. The third kappa shape index (κ3) is 5.01. The van der Waals surface area contributed by atoms with Crippen molar-refractivity contribution in [2.45, 2.75) is 32.5 Å². The molecule has 1 aromatic carbocycles. The molecule has 1 unspecified atom stereocenters. The summed E-state index contributed by atoms with van der Waals surface area (Å²) in [4.78, 5) is 2.15. The van der Waals surface area contributed by atoms with E-state index < -0.39 is 6.10 Å². The van der Waals surface area contributed by atoms with Crippen LogP contribution in [0.15, 0.2) is 47.1 Å². The summed E-state index contributed by atoms with van der Waals surface area (Å²) in [5.41, 5.74) is 8.08. The van der Waals surface area contributed by atoms with Crippen LogP contribution in [-0.2, 0) is 19.5 Å². The fourth-order valence-electron chi connectivity index (χ4n) is 2.32. The van der Waals surface area contributed by atoms with Crippen molar-refractivity contribution in [3.05, 3.63) is 59.5 Å². The molecule has 1 aromatic heterocycles. The van der Waals surface area contributed by atoms with Crippen LogP contribution in [0.4, 0.5) is 0 Å². The van der Waals surface area contributed by atoms with Gasteiger partial charge in [0.05, 0.1) is 18.9 Å². The van der Waals surface area contributed by atoms with Crippen LogP contribution in [0.1, 0.15) is 23.8 Å². The van der Waals surface area contributed by atoms with Gasteiger partial charge in [0.15, 0.2) is 0 Å². The van der Waals surface area contributed by atoms with Gasteiger partial charge in [0.2, 0.25) is 0 Å². The maximum Gasteiger partial charge on any atom is 0.117 e. The summed E-state index contributed by atoms with van der Waals surface area (Å²) in [7, 11) is 0. The van der Waals surface area contributed by atoms with Crippen LogP contribution in [0.3, 0.4) is 0 Å². The van der Waals surface area contributed by atoms with Crippen molar-refractivity contribution < 1.29 is 9.52 Å². The van der Waals surface area contributed by atoms with E-state index in [2.05, 4.69) is 36.1 Å². The molecule has 0 radical (unpaired) electrons. The Morgan fingerprint density at radius 1 is 1.14 bits per heavy atom. The summed E-state index contributed by atoms with van der Waals surface area (Å²) in [5.74, 6) is 0.893. The van der Waals surface area contributed by atoms with Crippen molar-refractivity contribution >= 4 is 0 Å². The molecule has 0 spiro atoms. The normalized spacial score (nSPS) is 12.8. The molecule has 114 valence electrons. The van der Waals surface area contributed by atoms with E-state index in [-0.39, 0.29) is 6.54 Å². The van der Waals surface area contributed by atoms with Gasteiger partial charge < -0.3 is 15.3 Å². The standard InChI is InChI=1S/C17H24N2O2/c1-2-14-5-7-15(8-6-14)11-19(12-16(20)10-18)13-17-4-3-9-21-17/h3-9,16,20H,2,10-13,18H2,1H3. The fraction of sp³-hybridized carbons (Fsp3) is 0.412. The van der Waals surface area contributed by atoms with Crippen LogP contribution in [0.5, 0.6) is 0 Å². The maximum atomic E-state index is 9.82. The second-order valence-corrected chi connectivity index (χ2v) is 5.31. The van der Waals surface area contributed by atoms with E-state index in [9.17, 15) is 5.11 Å². The number of hydrogen-bond acceptors (Lipinski definition) is 4. The number of furan rings is 1. The van der Waals surface area contributed by atoms with Crippen molar-refractivity contribution in [3.8, 4) is 0 Å². The van der Waals surface area contributed by atoms with E-state index in [0.29, 0.717) is 13.1 Å². The van der Waals surface area contributed by atoms with Crippen molar-refractivity contribution in [2.24, 2.45) is 5.73 Å². The fourth-order valence-corrected chi connectivity index (χ4v) is 2.32. The number of hydrogen-bond donors (Lipinski definition) is 2. The number of aryl methyl sites for hydroxylation is 1. The maximum absolute atomic E-state index is 9.82. The molecule has 0 saturated carbocycles. The van der Waals surface area contributed by atoms with Crippen molar-refractivity contribution in [1.29, 1.82) is 0 Å². The summed E-state index contributed by atoms with van der Waals surface area (Å²) in [5, 5.41) is 9.82. The SMILES string of the molecule is CCc1ccc(CN(Cc2ccco2)CC(O)CN)cc1. The van der Waals surface area contributed by atoms with Crippen LogP contribution in [0, 0.1) is 0 Å². The molecular formula is C17H24N2O2. The molecule has 3 N–H and O–H groups in total. The molecule has 2 rings (SSSR count). The number of benzene rings is 1. The Hall–Kier alpha value is -1.62. The van der Waals surface area contributed by atoms with Gasteiger partial charge in [0.1, 0.15) is 5.76 Å². The van der Waals surface area contributed by atoms with Crippen LogP contribution < -0.4 is 5.73 Å². The highest BCUT2D eigenvalue weighted by Crippen LogP contribution is 2.12. The molecular weight excluding hydrogens is 264 g/mol. The summed E-state index contributed by atoms with van der Waals surface area (Å²) >= 11 is 0. The molecule has 0 fully saturated rings. The second kappa shape index (κ2) is 7.98. The first-order valence-corrected chi connectivity index (χ1v) is 7.42. The zero-order chi connectivity index (χ0) is 15.1. The van der Waals surface area contributed by atoms with Crippen molar-refractivity contribution in [3.63, 3.8) is 0 Å². The quantitative estimate of drug-likeness (QED) is 0.781. The lowest BCUT2D eigenvalue weighted by Crippen LogP contribution is -2.35. The molecule has 0 bridgehead atoms. The first kappa shape index (κ1) is 15.8. The van der Waals surface area contributed by atoms with E-state index in [4.69, 9.17) is 10.2 Å². The monoisotopic (exact) mass is 288 g/mol. The molecule has 2 aromatic rings. The number of rotatable bonds is 8. The minimum Gasteiger partial charge on any atom is -0.468 e. The molecule has 0 saturated heterocycles. The van der Waals surface area contributed by atoms with Gasteiger partial charge >= 0.3 is 0 Å². The van der Waals surface area contributed by atoms with Crippen LogP contribution in [0.25, 0.3) is 0 Å². The highest BCUT2D eigenvalue weighted by molar-refractivity contribution is 5.22. The molecule has 1 heterocycles. The molecule has 0 aliphatic rings. The minimum atomic E-state index is -0.519. The predicted molar refractivity (Wildman–Crippen MR) is 83.7 cm³/mol. The Balaban J connectivity index is 2.02. The third-order valence-corrected chi connectivity index (χ3v) is 3.54. The average Bonchev–Trinajstić information content (AvgIpc) is 3.00. The molecule has 21 heavy (non-hydrogen) atoms. The van der Waals surface area contributed by atoms with Gasteiger partial charge in [0.25, 0.3) is 0 Å². The summed E-state index contributed by atoms with van der Waals surface area (Å²) in [6.45, 7) is 4.38. The predicted octanol–water partition coefficient (Wildman–Crippen LogP) is 2.16. The van der Waals surface area contributed by atoms with E-state index in [1.165, 1.54) is 11.1 Å². The summed E-state index contributed by atoms with van der Waals surface area (Å²) < 4.78 is 5.40. The molecule has 0 aliphatic heterocycles. The topological polar surface area (TPSA) is 62.6 Å². The lowest BCUT2D eigenvalue weighted by atomic mass is 10.1. The first-order valence-electron chi connectivity index (χ1n) is 7.42. The van der Waals surface area contributed by atoms with Crippen molar-refractivity contribution in [1.82, 2.24) is 4.90 Å². The van der Waals surface area contributed by atoms with Crippen molar-refractivity contribution in [2.75, 3.05) is 13.1 Å². The lowest BCUT2D eigenvalue weighted by molar-refractivity contribution is 0.106. The molecule has 1 atom stereocenters. The van der Waals surface area contributed by atoms with Gasteiger partial charge in [0, 0.05) is 19.6 Å². The Morgan fingerprint density at radius 2 is 1.86 bits per heavy atom. The van der Waals surface area contributed by atoms with Gasteiger partial charge in [-0.3, -0.25) is 4.90 Å². The van der Waals surface area contributed by atoms with Gasteiger partial charge in [-0.15, -0.1) is 0 Å². The highest BCUT2D eigenvalue weighted by Gasteiger charge is 2.13. The van der Waals surface area contributed by atoms with Crippen LogP contribution in [-0.4, -0.2) is 29.2 Å². The van der Waals surface area contributed by atoms with Gasteiger partial charge in [-0.2, -0.15) is 0 Å².